The molecule has 3 aromatic rings. The average Bonchev–Trinajstić information content (AvgIpc) is 3.02. The number of aromatic nitrogens is 1. The van der Waals surface area contributed by atoms with Crippen molar-refractivity contribution in [3.8, 4) is 11.5 Å². The summed E-state index contributed by atoms with van der Waals surface area (Å²) >= 11 is 1.05. The summed E-state index contributed by atoms with van der Waals surface area (Å²) in [6, 6.07) is 9.71. The first kappa shape index (κ1) is 19.9. The van der Waals surface area contributed by atoms with E-state index in [-0.39, 0.29) is 15.8 Å². The number of sulfonamides is 1. The average molecular weight is 435 g/mol. The molecule has 2 heterocycles. The summed E-state index contributed by atoms with van der Waals surface area (Å²) in [5, 5.41) is 0. The van der Waals surface area contributed by atoms with Gasteiger partial charge in [0.15, 0.2) is 11.5 Å². The lowest BCUT2D eigenvalue weighted by atomic mass is 10.1. The Balaban J connectivity index is 1.62. The molecule has 1 aromatic heterocycles. The largest absolute Gasteiger partial charge is 0.486 e. The van der Waals surface area contributed by atoms with E-state index in [1.165, 1.54) is 6.07 Å². The third-order valence-electron chi connectivity index (χ3n) is 4.81. The van der Waals surface area contributed by atoms with E-state index in [0.29, 0.717) is 29.4 Å². The van der Waals surface area contributed by atoms with Crippen LogP contribution in [-0.4, -0.2) is 26.2 Å². The fourth-order valence-corrected chi connectivity index (χ4v) is 5.76. The first-order chi connectivity index (χ1) is 13.8. The van der Waals surface area contributed by atoms with Crippen molar-refractivity contribution < 1.29 is 17.9 Å². The number of hydrogen-bond donors (Lipinski definition) is 1. The molecule has 0 fully saturated rings. The Morgan fingerprint density at radius 1 is 1.03 bits per heavy atom. The molecule has 1 unspecified atom stereocenters. The van der Waals surface area contributed by atoms with Gasteiger partial charge < -0.3 is 9.47 Å². The molecule has 154 valence electrons. The molecule has 7 nitrogen and oxygen atoms in total. The van der Waals surface area contributed by atoms with Crippen molar-refractivity contribution in [2.24, 2.45) is 0 Å². The molecule has 1 aliphatic rings. The molecule has 0 aliphatic carbocycles. The number of nitrogens with zero attached hydrogens (tertiary/aromatic N) is 1. The van der Waals surface area contributed by atoms with Crippen LogP contribution in [0.2, 0.25) is 0 Å². The van der Waals surface area contributed by atoms with Crippen molar-refractivity contribution >= 4 is 31.6 Å². The quantitative estimate of drug-likeness (QED) is 0.665. The predicted molar refractivity (Wildman–Crippen MR) is 113 cm³/mol. The van der Waals surface area contributed by atoms with E-state index in [2.05, 4.69) is 4.72 Å². The van der Waals surface area contributed by atoms with Crippen LogP contribution < -0.4 is 19.1 Å². The highest BCUT2D eigenvalue weighted by atomic mass is 32.2. The van der Waals surface area contributed by atoms with E-state index in [1.54, 1.807) is 35.8 Å². The van der Waals surface area contributed by atoms with Gasteiger partial charge in [-0.3, -0.25) is 9.36 Å². The third kappa shape index (κ3) is 3.77. The molecule has 0 spiro atoms. The zero-order valence-corrected chi connectivity index (χ0v) is 18.0. The van der Waals surface area contributed by atoms with Crippen LogP contribution in [0.3, 0.4) is 0 Å². The van der Waals surface area contributed by atoms with Gasteiger partial charge in [-0.2, -0.15) is 0 Å². The Hall–Kier alpha value is -2.36. The molecule has 1 atom stereocenters. The van der Waals surface area contributed by atoms with Crippen LogP contribution >= 0.6 is 11.3 Å². The van der Waals surface area contributed by atoms with Gasteiger partial charge in [-0.25, -0.2) is 13.1 Å². The van der Waals surface area contributed by atoms with Crippen molar-refractivity contribution in [2.75, 3.05) is 13.2 Å². The van der Waals surface area contributed by atoms with Gasteiger partial charge in [0.25, 0.3) is 0 Å². The highest BCUT2D eigenvalue weighted by Crippen LogP contribution is 2.33. The lowest BCUT2D eigenvalue weighted by Crippen LogP contribution is -2.27. The Morgan fingerprint density at radius 2 is 1.76 bits per heavy atom. The van der Waals surface area contributed by atoms with E-state index in [0.717, 1.165) is 22.4 Å². The number of ether oxygens (including phenoxy) is 2. The Morgan fingerprint density at radius 3 is 2.48 bits per heavy atom. The summed E-state index contributed by atoms with van der Waals surface area (Å²) in [6.07, 6.45) is 0. The van der Waals surface area contributed by atoms with Gasteiger partial charge in [0.05, 0.1) is 15.1 Å². The van der Waals surface area contributed by atoms with Crippen molar-refractivity contribution in [3.63, 3.8) is 0 Å². The number of rotatable bonds is 5. The van der Waals surface area contributed by atoms with Crippen LogP contribution in [0.1, 0.15) is 38.4 Å². The predicted octanol–water partition coefficient (Wildman–Crippen LogP) is 3.45. The summed E-state index contributed by atoms with van der Waals surface area (Å²) < 4.78 is 42.0. The molecular weight excluding hydrogens is 412 g/mol. The molecule has 0 radical (unpaired) electrons. The third-order valence-corrected chi connectivity index (χ3v) is 7.27. The maximum absolute atomic E-state index is 12.9. The summed E-state index contributed by atoms with van der Waals surface area (Å²) in [6.45, 7) is 6.59. The van der Waals surface area contributed by atoms with E-state index in [1.807, 2.05) is 19.9 Å². The second-order valence-electron chi connectivity index (χ2n) is 7.21. The summed E-state index contributed by atoms with van der Waals surface area (Å²) in [5.74, 6) is 1.27. The SMILES string of the molecule is CC(NS(=O)(=O)c1ccc2c(c1)sc(=O)n2C(C)C)c1ccc2c(c1)OCCO2. The zero-order valence-electron chi connectivity index (χ0n) is 16.3. The van der Waals surface area contributed by atoms with Crippen LogP contribution in [0.25, 0.3) is 10.2 Å². The van der Waals surface area contributed by atoms with Crippen LogP contribution in [0.15, 0.2) is 46.1 Å². The molecule has 1 aliphatic heterocycles. The van der Waals surface area contributed by atoms with Gasteiger partial charge in [0.2, 0.25) is 10.0 Å². The molecule has 0 bridgehead atoms. The van der Waals surface area contributed by atoms with E-state index < -0.39 is 16.1 Å². The Bertz CT molecular complexity index is 1230. The first-order valence-electron chi connectivity index (χ1n) is 9.33. The molecule has 0 amide bonds. The minimum atomic E-state index is -3.77. The second-order valence-corrected chi connectivity index (χ2v) is 9.91. The second kappa shape index (κ2) is 7.47. The Labute approximate surface area is 172 Å². The topological polar surface area (TPSA) is 86.6 Å². The highest BCUT2D eigenvalue weighted by molar-refractivity contribution is 7.89. The number of thiazole rings is 1. The molecular formula is C20H22N2O5S2. The smallest absolute Gasteiger partial charge is 0.308 e. The number of fused-ring (bicyclic) bond motifs is 2. The minimum absolute atomic E-state index is 0.00654. The fourth-order valence-electron chi connectivity index (χ4n) is 3.37. The molecule has 2 aromatic carbocycles. The van der Waals surface area contributed by atoms with Gasteiger partial charge in [0, 0.05) is 12.1 Å². The number of hydrogen-bond acceptors (Lipinski definition) is 6. The monoisotopic (exact) mass is 434 g/mol. The van der Waals surface area contributed by atoms with Gasteiger partial charge in [-0.05, 0) is 56.7 Å². The first-order valence-corrected chi connectivity index (χ1v) is 11.6. The van der Waals surface area contributed by atoms with Crippen molar-refractivity contribution in [2.45, 2.75) is 37.8 Å². The molecule has 1 N–H and O–H groups in total. The molecule has 0 saturated heterocycles. The van der Waals surface area contributed by atoms with E-state index >= 15 is 0 Å². The Kier molecular flexibility index (Phi) is 5.14. The fraction of sp³-hybridized carbons (Fsp3) is 0.350. The highest BCUT2D eigenvalue weighted by Gasteiger charge is 2.22. The van der Waals surface area contributed by atoms with Gasteiger partial charge in [0.1, 0.15) is 13.2 Å². The van der Waals surface area contributed by atoms with E-state index in [9.17, 15) is 13.2 Å². The van der Waals surface area contributed by atoms with Crippen molar-refractivity contribution in [1.29, 1.82) is 0 Å². The van der Waals surface area contributed by atoms with Crippen LogP contribution in [0, 0.1) is 0 Å². The van der Waals surface area contributed by atoms with Crippen LogP contribution in [0.4, 0.5) is 0 Å². The normalized spacial score (nSPS) is 15.0. The molecule has 29 heavy (non-hydrogen) atoms. The van der Waals surface area contributed by atoms with Crippen molar-refractivity contribution in [1.82, 2.24) is 9.29 Å². The summed E-state index contributed by atoms with van der Waals surface area (Å²) in [7, 11) is -3.77. The van der Waals surface area contributed by atoms with Crippen LogP contribution in [0.5, 0.6) is 11.5 Å². The van der Waals surface area contributed by atoms with Crippen LogP contribution in [-0.2, 0) is 10.0 Å². The lowest BCUT2D eigenvalue weighted by Gasteiger charge is -2.21. The van der Waals surface area contributed by atoms with Gasteiger partial charge >= 0.3 is 4.87 Å². The molecule has 0 saturated carbocycles. The van der Waals surface area contributed by atoms with E-state index in [4.69, 9.17) is 9.47 Å². The maximum Gasteiger partial charge on any atom is 0.308 e. The molecule has 4 rings (SSSR count). The van der Waals surface area contributed by atoms with Crippen molar-refractivity contribution in [3.05, 3.63) is 51.6 Å². The summed E-state index contributed by atoms with van der Waals surface area (Å²) in [4.78, 5) is 12.3. The zero-order chi connectivity index (χ0) is 20.8. The molecule has 9 heteroatoms. The standard InChI is InChI=1S/C20H22N2O5S2/c1-12(2)22-16-6-5-15(11-19(16)28-20(22)23)29(24,25)21-13(3)14-4-7-17-18(10-14)27-9-8-26-17/h4-7,10-13,21H,8-9H2,1-3H3. The number of benzene rings is 2. The summed E-state index contributed by atoms with van der Waals surface area (Å²) in [5.41, 5.74) is 1.52. The number of nitrogens with one attached hydrogen (secondary N) is 1. The minimum Gasteiger partial charge on any atom is -0.486 e. The lowest BCUT2D eigenvalue weighted by molar-refractivity contribution is 0.171. The van der Waals surface area contributed by atoms with Gasteiger partial charge in [-0.15, -0.1) is 0 Å². The van der Waals surface area contributed by atoms with Gasteiger partial charge in [-0.1, -0.05) is 17.4 Å². The maximum atomic E-state index is 12.9.